The maximum atomic E-state index is 11.8. The third-order valence-electron chi connectivity index (χ3n) is 2.02. The lowest BCUT2D eigenvalue weighted by atomic mass is 10.1. The van der Waals surface area contributed by atoms with Gasteiger partial charge in [0, 0.05) is 5.56 Å². The first-order valence-electron chi connectivity index (χ1n) is 4.34. The van der Waals surface area contributed by atoms with E-state index in [-0.39, 0.29) is 5.78 Å². The molecule has 0 atom stereocenters. The van der Waals surface area contributed by atoms with Crippen molar-refractivity contribution >= 4 is 5.78 Å². The predicted molar refractivity (Wildman–Crippen MR) is 53.2 cm³/mol. The number of nitrogens with zero attached hydrogens (tertiary/aromatic N) is 2. The van der Waals surface area contributed by atoms with Gasteiger partial charge in [0.15, 0.2) is 0 Å². The molecule has 0 amide bonds. The lowest BCUT2D eigenvalue weighted by Gasteiger charge is -1.97. The van der Waals surface area contributed by atoms with Crippen LogP contribution >= 0.6 is 0 Å². The fraction of sp³-hybridized carbons (Fsp3) is 0. The van der Waals surface area contributed by atoms with Gasteiger partial charge in [0.2, 0.25) is 5.78 Å². The second kappa shape index (κ2) is 3.76. The number of aromatic nitrogens is 2. The normalized spacial score (nSPS) is 9.53. The van der Waals surface area contributed by atoms with Crippen molar-refractivity contribution in [3.05, 3.63) is 53.6 Å². The minimum Gasteiger partial charge on any atom is -0.342 e. The third-order valence-corrected chi connectivity index (χ3v) is 2.02. The van der Waals surface area contributed by atoms with Crippen molar-refractivity contribution in [3.63, 3.8) is 0 Å². The number of ketones is 1. The van der Waals surface area contributed by atoms with E-state index < -0.39 is 0 Å². The fourth-order valence-corrected chi connectivity index (χ4v) is 1.23. The molecular formula is C11H7N3O. The van der Waals surface area contributed by atoms with Gasteiger partial charge in [-0.15, -0.1) is 0 Å². The summed E-state index contributed by atoms with van der Waals surface area (Å²) in [4.78, 5) is 18.3. The summed E-state index contributed by atoms with van der Waals surface area (Å²) in [5, 5.41) is 8.60. The molecule has 1 aromatic heterocycles. The Morgan fingerprint density at radius 1 is 1.33 bits per heavy atom. The Bertz CT molecular complexity index is 506. The highest BCUT2D eigenvalue weighted by Gasteiger charge is 2.09. The molecule has 0 fully saturated rings. The summed E-state index contributed by atoms with van der Waals surface area (Å²) in [6.07, 6.45) is 2.93. The van der Waals surface area contributed by atoms with E-state index >= 15 is 0 Å². The van der Waals surface area contributed by atoms with Gasteiger partial charge in [-0.25, -0.2) is 4.98 Å². The van der Waals surface area contributed by atoms with Crippen molar-refractivity contribution in [2.45, 2.75) is 0 Å². The van der Waals surface area contributed by atoms with E-state index in [1.807, 2.05) is 6.07 Å². The summed E-state index contributed by atoms with van der Waals surface area (Å²) in [5.74, 6) is -0.128. The first-order chi connectivity index (χ1) is 7.31. The van der Waals surface area contributed by atoms with Crippen molar-refractivity contribution in [2.24, 2.45) is 0 Å². The van der Waals surface area contributed by atoms with Crippen LogP contribution in [0.15, 0.2) is 36.8 Å². The molecule has 1 N–H and O–H groups in total. The summed E-state index contributed by atoms with van der Waals surface area (Å²) in [6.45, 7) is 0. The molecule has 1 heterocycles. The molecule has 0 aliphatic carbocycles. The van der Waals surface area contributed by atoms with Gasteiger partial charge in [-0.1, -0.05) is 0 Å². The molecule has 0 bridgehead atoms. The quantitative estimate of drug-likeness (QED) is 0.742. The molecule has 0 aliphatic heterocycles. The topological polar surface area (TPSA) is 69.5 Å². The van der Waals surface area contributed by atoms with Crippen LogP contribution in [0.5, 0.6) is 0 Å². The van der Waals surface area contributed by atoms with Gasteiger partial charge in [0.05, 0.1) is 24.2 Å². The maximum Gasteiger partial charge on any atom is 0.210 e. The number of hydrogen-bond donors (Lipinski definition) is 1. The average Bonchev–Trinajstić information content (AvgIpc) is 2.82. The molecule has 0 saturated heterocycles. The molecule has 72 valence electrons. The van der Waals surface area contributed by atoms with Crippen LogP contribution in [0, 0.1) is 11.3 Å². The molecule has 2 aromatic rings. The number of rotatable bonds is 2. The summed E-state index contributed by atoms with van der Waals surface area (Å²) in [5.41, 5.74) is 1.52. The second-order valence-electron chi connectivity index (χ2n) is 2.98. The zero-order valence-corrected chi connectivity index (χ0v) is 7.77. The molecular weight excluding hydrogens is 190 g/mol. The molecule has 2 rings (SSSR count). The minimum absolute atomic E-state index is 0.128. The first kappa shape index (κ1) is 9.16. The van der Waals surface area contributed by atoms with E-state index in [9.17, 15) is 4.79 Å². The number of imidazole rings is 1. The Morgan fingerprint density at radius 2 is 2.07 bits per heavy atom. The number of carbonyl (C=O) groups excluding carboxylic acids is 1. The van der Waals surface area contributed by atoms with E-state index in [2.05, 4.69) is 9.97 Å². The van der Waals surface area contributed by atoms with Crippen LogP contribution in [0.1, 0.15) is 21.6 Å². The summed E-state index contributed by atoms with van der Waals surface area (Å²) >= 11 is 0. The average molecular weight is 197 g/mol. The van der Waals surface area contributed by atoms with Gasteiger partial charge in [-0.3, -0.25) is 4.79 Å². The van der Waals surface area contributed by atoms with Crippen molar-refractivity contribution in [3.8, 4) is 6.07 Å². The standard InChI is InChI=1S/C11H7N3O/c12-5-8-1-3-9(4-2-8)11(15)10-6-13-7-14-10/h1-4,6-7H,(H,13,14). The van der Waals surface area contributed by atoms with E-state index in [0.29, 0.717) is 16.8 Å². The van der Waals surface area contributed by atoms with Gasteiger partial charge in [0.25, 0.3) is 0 Å². The highest BCUT2D eigenvalue weighted by Crippen LogP contribution is 2.08. The van der Waals surface area contributed by atoms with E-state index in [0.717, 1.165) is 0 Å². The number of carbonyl (C=O) groups is 1. The van der Waals surface area contributed by atoms with Gasteiger partial charge in [-0.2, -0.15) is 5.26 Å². The lowest BCUT2D eigenvalue weighted by molar-refractivity contribution is 0.103. The highest BCUT2D eigenvalue weighted by molar-refractivity contribution is 6.07. The number of H-pyrrole nitrogens is 1. The Labute approximate surface area is 86.2 Å². The molecule has 0 unspecified atom stereocenters. The smallest absolute Gasteiger partial charge is 0.210 e. The number of nitriles is 1. The van der Waals surface area contributed by atoms with Crippen molar-refractivity contribution in [2.75, 3.05) is 0 Å². The largest absolute Gasteiger partial charge is 0.342 e. The van der Waals surface area contributed by atoms with E-state index in [4.69, 9.17) is 5.26 Å². The number of benzene rings is 1. The van der Waals surface area contributed by atoms with Gasteiger partial charge >= 0.3 is 0 Å². The maximum absolute atomic E-state index is 11.8. The minimum atomic E-state index is -0.128. The first-order valence-corrected chi connectivity index (χ1v) is 4.34. The highest BCUT2D eigenvalue weighted by atomic mass is 16.1. The zero-order chi connectivity index (χ0) is 10.7. The lowest BCUT2D eigenvalue weighted by Crippen LogP contribution is -2.01. The van der Waals surface area contributed by atoms with E-state index in [1.54, 1.807) is 24.3 Å². The number of hydrogen-bond acceptors (Lipinski definition) is 3. The Balaban J connectivity index is 2.32. The van der Waals surface area contributed by atoms with Gasteiger partial charge in [0.1, 0.15) is 5.69 Å². The molecule has 4 nitrogen and oxygen atoms in total. The monoisotopic (exact) mass is 197 g/mol. The van der Waals surface area contributed by atoms with Crippen LogP contribution in [-0.4, -0.2) is 15.8 Å². The van der Waals surface area contributed by atoms with Gasteiger partial charge in [-0.05, 0) is 24.3 Å². The Morgan fingerprint density at radius 3 is 2.60 bits per heavy atom. The molecule has 0 saturated carbocycles. The van der Waals surface area contributed by atoms with Crippen molar-refractivity contribution in [1.29, 1.82) is 5.26 Å². The van der Waals surface area contributed by atoms with Crippen LogP contribution in [0.3, 0.4) is 0 Å². The third kappa shape index (κ3) is 1.76. The van der Waals surface area contributed by atoms with Crippen molar-refractivity contribution in [1.82, 2.24) is 9.97 Å². The molecule has 1 aromatic carbocycles. The fourth-order valence-electron chi connectivity index (χ4n) is 1.23. The van der Waals surface area contributed by atoms with E-state index in [1.165, 1.54) is 12.5 Å². The summed E-state index contributed by atoms with van der Waals surface area (Å²) < 4.78 is 0. The van der Waals surface area contributed by atoms with Crippen LogP contribution in [0.2, 0.25) is 0 Å². The number of nitrogens with one attached hydrogen (secondary N) is 1. The van der Waals surface area contributed by atoms with Crippen LogP contribution < -0.4 is 0 Å². The Hall–Kier alpha value is -2.41. The summed E-state index contributed by atoms with van der Waals surface area (Å²) in [7, 11) is 0. The molecule has 0 spiro atoms. The second-order valence-corrected chi connectivity index (χ2v) is 2.98. The van der Waals surface area contributed by atoms with Crippen LogP contribution in [0.4, 0.5) is 0 Å². The SMILES string of the molecule is N#Cc1ccc(C(=O)c2cnc[nH]2)cc1. The van der Waals surface area contributed by atoms with Crippen LogP contribution in [0.25, 0.3) is 0 Å². The zero-order valence-electron chi connectivity index (χ0n) is 7.77. The van der Waals surface area contributed by atoms with Gasteiger partial charge < -0.3 is 4.98 Å². The number of aromatic amines is 1. The molecule has 15 heavy (non-hydrogen) atoms. The van der Waals surface area contributed by atoms with Crippen molar-refractivity contribution < 1.29 is 4.79 Å². The summed E-state index contributed by atoms with van der Waals surface area (Å²) in [6, 6.07) is 8.48. The molecule has 0 aliphatic rings. The molecule has 0 radical (unpaired) electrons. The predicted octanol–water partition coefficient (Wildman–Crippen LogP) is 1.51. The molecule has 4 heteroatoms. The van der Waals surface area contributed by atoms with Crippen LogP contribution in [-0.2, 0) is 0 Å². The Kier molecular flexibility index (Phi) is 2.30.